The van der Waals surface area contributed by atoms with Crippen LogP contribution in [0.1, 0.15) is 16.8 Å². The number of carbonyl (C=O) groups is 1. The van der Waals surface area contributed by atoms with Gasteiger partial charge >= 0.3 is 6.18 Å². The minimum Gasteiger partial charge on any atom is -0.387 e. The molecule has 1 N–H and O–H groups in total. The van der Waals surface area contributed by atoms with Crippen molar-refractivity contribution < 1.29 is 18.0 Å². The molecule has 0 aromatic heterocycles. The number of carbonyl (C=O) groups excluding carboxylic acids is 1. The van der Waals surface area contributed by atoms with E-state index in [2.05, 4.69) is 5.32 Å². The second-order valence-electron chi connectivity index (χ2n) is 4.52. The first-order valence-electron chi connectivity index (χ1n) is 6.25. The van der Waals surface area contributed by atoms with Gasteiger partial charge in [0.15, 0.2) is 0 Å². The molecule has 0 unspecified atom stereocenters. The smallest absolute Gasteiger partial charge is 0.387 e. The van der Waals surface area contributed by atoms with Crippen LogP contribution in [0.15, 0.2) is 35.9 Å². The Morgan fingerprint density at radius 1 is 1.30 bits per heavy atom. The molecule has 6 heteroatoms. The van der Waals surface area contributed by atoms with Gasteiger partial charge in [0, 0.05) is 31.4 Å². The topological polar surface area (TPSA) is 32.3 Å². The molecule has 1 amide bonds. The Morgan fingerprint density at radius 3 is 2.55 bits per heavy atom. The lowest BCUT2D eigenvalue weighted by molar-refractivity contribution is -0.0957. The summed E-state index contributed by atoms with van der Waals surface area (Å²) in [4.78, 5) is 13.7. The maximum absolute atomic E-state index is 12.5. The van der Waals surface area contributed by atoms with E-state index < -0.39 is 11.7 Å². The molecule has 0 saturated carbocycles. The normalized spacial score (nSPS) is 15.8. The van der Waals surface area contributed by atoms with E-state index in [9.17, 15) is 18.0 Å². The number of halogens is 3. The second-order valence-corrected chi connectivity index (χ2v) is 4.52. The molecular weight excluding hydrogens is 269 g/mol. The monoisotopic (exact) mass is 284 g/mol. The standard InChI is InChI=1S/C14H15F3N2O/c1-18-12-5-3-2-4-11(12)13(20)19-8-6-10(7-9-19)14(15,16)17/h2-6,18H,7-9H2,1H3. The number of hydrogen-bond acceptors (Lipinski definition) is 2. The molecule has 0 bridgehead atoms. The average molecular weight is 284 g/mol. The number of hydrogen-bond donors (Lipinski definition) is 1. The SMILES string of the molecule is CNc1ccccc1C(=O)N1CC=C(C(F)(F)F)CC1. The number of alkyl halides is 3. The number of nitrogens with one attached hydrogen (secondary N) is 1. The van der Waals surface area contributed by atoms with E-state index in [1.165, 1.54) is 4.90 Å². The van der Waals surface area contributed by atoms with Gasteiger partial charge in [0.1, 0.15) is 0 Å². The number of amides is 1. The van der Waals surface area contributed by atoms with Crippen LogP contribution in [0.3, 0.4) is 0 Å². The summed E-state index contributed by atoms with van der Waals surface area (Å²) >= 11 is 0. The van der Waals surface area contributed by atoms with Crippen LogP contribution in [0.2, 0.25) is 0 Å². The first-order chi connectivity index (χ1) is 9.43. The molecule has 0 aliphatic carbocycles. The van der Waals surface area contributed by atoms with E-state index in [4.69, 9.17) is 0 Å². The summed E-state index contributed by atoms with van der Waals surface area (Å²) in [5.41, 5.74) is 0.588. The van der Waals surface area contributed by atoms with Gasteiger partial charge in [-0.2, -0.15) is 13.2 Å². The Bertz CT molecular complexity index is 537. The molecule has 0 atom stereocenters. The van der Waals surface area contributed by atoms with Gasteiger partial charge < -0.3 is 10.2 Å². The summed E-state index contributed by atoms with van der Waals surface area (Å²) in [6.07, 6.45) is -3.36. The lowest BCUT2D eigenvalue weighted by Gasteiger charge is -2.28. The van der Waals surface area contributed by atoms with Gasteiger partial charge in [-0.25, -0.2) is 0 Å². The molecule has 1 aromatic carbocycles. The van der Waals surface area contributed by atoms with E-state index in [1.54, 1.807) is 31.3 Å². The van der Waals surface area contributed by atoms with Gasteiger partial charge in [0.25, 0.3) is 5.91 Å². The highest BCUT2D eigenvalue weighted by atomic mass is 19.4. The molecule has 2 rings (SSSR count). The van der Waals surface area contributed by atoms with E-state index in [-0.39, 0.29) is 25.4 Å². The number of nitrogens with zero attached hydrogens (tertiary/aromatic N) is 1. The van der Waals surface area contributed by atoms with Crippen molar-refractivity contribution in [3.8, 4) is 0 Å². The molecule has 1 aliphatic heterocycles. The highest BCUT2D eigenvalue weighted by molar-refractivity contribution is 5.99. The fourth-order valence-electron chi connectivity index (χ4n) is 2.17. The quantitative estimate of drug-likeness (QED) is 0.847. The molecule has 3 nitrogen and oxygen atoms in total. The molecular formula is C14H15F3N2O. The predicted molar refractivity (Wildman–Crippen MR) is 70.6 cm³/mol. The molecule has 0 fully saturated rings. The highest BCUT2D eigenvalue weighted by Gasteiger charge is 2.35. The zero-order chi connectivity index (χ0) is 14.8. The molecule has 0 saturated heterocycles. The van der Waals surface area contributed by atoms with E-state index in [0.29, 0.717) is 11.3 Å². The van der Waals surface area contributed by atoms with Crippen LogP contribution in [0.25, 0.3) is 0 Å². The van der Waals surface area contributed by atoms with Gasteiger partial charge in [0.05, 0.1) is 5.56 Å². The molecule has 0 radical (unpaired) electrons. The lowest BCUT2D eigenvalue weighted by Crippen LogP contribution is -2.37. The first kappa shape index (κ1) is 14.4. The Balaban J connectivity index is 2.15. The van der Waals surface area contributed by atoms with Crippen molar-refractivity contribution in [3.63, 3.8) is 0 Å². The van der Waals surface area contributed by atoms with Gasteiger partial charge in [-0.15, -0.1) is 0 Å². The lowest BCUT2D eigenvalue weighted by atomic mass is 10.1. The largest absolute Gasteiger partial charge is 0.412 e. The van der Waals surface area contributed by atoms with Gasteiger partial charge in [-0.1, -0.05) is 18.2 Å². The van der Waals surface area contributed by atoms with Crippen LogP contribution in [-0.4, -0.2) is 37.1 Å². The summed E-state index contributed by atoms with van der Waals surface area (Å²) in [5, 5.41) is 2.91. The number of para-hydroxylation sites is 1. The summed E-state index contributed by atoms with van der Waals surface area (Å²) in [5.74, 6) is -0.257. The minimum atomic E-state index is -4.29. The third-order valence-electron chi connectivity index (χ3n) is 3.29. The van der Waals surface area contributed by atoms with Crippen LogP contribution in [0.5, 0.6) is 0 Å². The Morgan fingerprint density at radius 2 is 2.00 bits per heavy atom. The van der Waals surface area contributed by atoms with Crippen molar-refractivity contribution in [2.45, 2.75) is 12.6 Å². The van der Waals surface area contributed by atoms with Crippen LogP contribution < -0.4 is 5.32 Å². The van der Waals surface area contributed by atoms with Crippen molar-refractivity contribution >= 4 is 11.6 Å². The molecule has 1 aliphatic rings. The third-order valence-corrected chi connectivity index (χ3v) is 3.29. The minimum absolute atomic E-state index is 0.00821. The molecule has 1 aromatic rings. The van der Waals surface area contributed by atoms with Crippen LogP contribution >= 0.6 is 0 Å². The van der Waals surface area contributed by atoms with Gasteiger partial charge in [-0.3, -0.25) is 4.79 Å². The Labute approximate surface area is 115 Å². The number of anilines is 1. The third kappa shape index (κ3) is 2.95. The first-order valence-corrected chi connectivity index (χ1v) is 6.25. The van der Waals surface area contributed by atoms with Crippen molar-refractivity contribution in [2.24, 2.45) is 0 Å². The summed E-state index contributed by atoms with van der Waals surface area (Å²) < 4.78 is 37.6. The fraction of sp³-hybridized carbons (Fsp3) is 0.357. The summed E-state index contributed by atoms with van der Waals surface area (Å²) in [6, 6.07) is 6.95. The van der Waals surface area contributed by atoms with E-state index in [0.717, 1.165) is 6.08 Å². The highest BCUT2D eigenvalue weighted by Crippen LogP contribution is 2.30. The fourth-order valence-corrected chi connectivity index (χ4v) is 2.17. The van der Waals surface area contributed by atoms with Crippen molar-refractivity contribution in [1.82, 2.24) is 4.90 Å². The van der Waals surface area contributed by atoms with Gasteiger partial charge in [0.2, 0.25) is 0 Å². The molecule has 0 spiro atoms. The predicted octanol–water partition coefficient (Wildman–Crippen LogP) is 3.06. The van der Waals surface area contributed by atoms with Crippen molar-refractivity contribution in [3.05, 3.63) is 41.5 Å². The maximum Gasteiger partial charge on any atom is 0.412 e. The second kappa shape index (κ2) is 5.56. The summed E-state index contributed by atoms with van der Waals surface area (Å²) in [7, 11) is 1.70. The average Bonchev–Trinajstić information content (AvgIpc) is 2.45. The zero-order valence-corrected chi connectivity index (χ0v) is 11.0. The van der Waals surface area contributed by atoms with Crippen molar-refractivity contribution in [2.75, 3.05) is 25.5 Å². The van der Waals surface area contributed by atoms with Crippen molar-refractivity contribution in [1.29, 1.82) is 0 Å². The van der Waals surface area contributed by atoms with Crippen LogP contribution in [-0.2, 0) is 0 Å². The molecule has 20 heavy (non-hydrogen) atoms. The Kier molecular flexibility index (Phi) is 4.01. The maximum atomic E-state index is 12.5. The molecule has 108 valence electrons. The molecule has 1 heterocycles. The van der Waals surface area contributed by atoms with Crippen LogP contribution in [0.4, 0.5) is 18.9 Å². The van der Waals surface area contributed by atoms with E-state index >= 15 is 0 Å². The summed E-state index contributed by atoms with van der Waals surface area (Å²) in [6.45, 7) is 0.0773. The van der Waals surface area contributed by atoms with E-state index in [1.807, 2.05) is 0 Å². The zero-order valence-electron chi connectivity index (χ0n) is 11.0. The Hall–Kier alpha value is -1.98. The van der Waals surface area contributed by atoms with Gasteiger partial charge in [-0.05, 0) is 18.6 Å². The number of rotatable bonds is 2. The number of benzene rings is 1. The van der Waals surface area contributed by atoms with Crippen LogP contribution in [0, 0.1) is 0 Å².